The van der Waals surface area contributed by atoms with Crippen molar-refractivity contribution in [2.75, 3.05) is 25.4 Å². The number of nitrogens with zero attached hydrogens (tertiary/aromatic N) is 1. The van der Waals surface area contributed by atoms with Crippen LogP contribution >= 0.6 is 0 Å². The van der Waals surface area contributed by atoms with Crippen LogP contribution in [-0.2, 0) is 10.0 Å². The number of sulfonamides is 1. The lowest BCUT2D eigenvalue weighted by atomic mass is 10.2. The second-order valence-electron chi connectivity index (χ2n) is 3.80. The summed E-state index contributed by atoms with van der Waals surface area (Å²) in [6, 6.07) is 4.72. The van der Waals surface area contributed by atoms with Crippen LogP contribution in [0.3, 0.4) is 0 Å². The van der Waals surface area contributed by atoms with Crippen LogP contribution in [0.1, 0.15) is 12.5 Å². The van der Waals surface area contributed by atoms with Crippen LogP contribution in [0.2, 0.25) is 0 Å². The van der Waals surface area contributed by atoms with Gasteiger partial charge in [0.1, 0.15) is 0 Å². The van der Waals surface area contributed by atoms with E-state index in [0.717, 1.165) is 5.56 Å². The van der Waals surface area contributed by atoms with Crippen LogP contribution in [0, 0.1) is 6.92 Å². The van der Waals surface area contributed by atoms with E-state index in [-0.39, 0.29) is 18.0 Å². The first-order chi connectivity index (χ1) is 7.91. The quantitative estimate of drug-likeness (QED) is 0.757. The summed E-state index contributed by atoms with van der Waals surface area (Å²) in [5.74, 6) is 0. The Balaban J connectivity index is 3.20. The fourth-order valence-electron chi connectivity index (χ4n) is 1.63. The molecule has 96 valence electrons. The number of aliphatic hydroxyl groups excluding tert-OH is 1. The van der Waals surface area contributed by atoms with Gasteiger partial charge in [0.05, 0.1) is 11.5 Å². The maximum Gasteiger partial charge on any atom is 0.243 e. The van der Waals surface area contributed by atoms with E-state index in [1.807, 2.05) is 0 Å². The van der Waals surface area contributed by atoms with E-state index in [1.54, 1.807) is 26.0 Å². The molecule has 0 aliphatic rings. The van der Waals surface area contributed by atoms with Crippen LogP contribution in [0.25, 0.3) is 0 Å². The topological polar surface area (TPSA) is 83.6 Å². The molecule has 6 heteroatoms. The fraction of sp³-hybridized carbons (Fsp3) is 0.455. The lowest BCUT2D eigenvalue weighted by molar-refractivity contribution is 0.257. The second kappa shape index (κ2) is 5.48. The van der Waals surface area contributed by atoms with E-state index in [1.165, 1.54) is 10.4 Å². The molecule has 0 heterocycles. The van der Waals surface area contributed by atoms with Gasteiger partial charge >= 0.3 is 0 Å². The number of aliphatic hydroxyl groups is 1. The minimum Gasteiger partial charge on any atom is -0.399 e. The molecular formula is C11H18N2O3S. The molecule has 0 radical (unpaired) electrons. The van der Waals surface area contributed by atoms with Gasteiger partial charge in [0.2, 0.25) is 10.0 Å². The van der Waals surface area contributed by atoms with Crippen LogP contribution in [-0.4, -0.2) is 37.5 Å². The number of likely N-dealkylation sites (N-methyl/N-ethyl adjacent to an activating group) is 1. The molecule has 0 amide bonds. The van der Waals surface area contributed by atoms with Crippen molar-refractivity contribution in [2.45, 2.75) is 18.7 Å². The van der Waals surface area contributed by atoms with Gasteiger partial charge in [-0.05, 0) is 30.7 Å². The van der Waals surface area contributed by atoms with E-state index >= 15 is 0 Å². The van der Waals surface area contributed by atoms with Crippen molar-refractivity contribution in [1.82, 2.24) is 4.31 Å². The lowest BCUT2D eigenvalue weighted by Gasteiger charge is -2.19. The number of anilines is 1. The molecule has 5 nitrogen and oxygen atoms in total. The summed E-state index contributed by atoms with van der Waals surface area (Å²) in [4.78, 5) is 0.172. The largest absolute Gasteiger partial charge is 0.399 e. The van der Waals surface area contributed by atoms with E-state index in [2.05, 4.69) is 0 Å². The molecule has 0 saturated carbocycles. The van der Waals surface area contributed by atoms with Gasteiger partial charge in [0, 0.05) is 18.8 Å². The average Bonchev–Trinajstić information content (AvgIpc) is 2.24. The van der Waals surface area contributed by atoms with E-state index in [0.29, 0.717) is 12.2 Å². The van der Waals surface area contributed by atoms with Crippen molar-refractivity contribution in [2.24, 2.45) is 0 Å². The first-order valence-corrected chi connectivity index (χ1v) is 6.84. The van der Waals surface area contributed by atoms with Crippen LogP contribution < -0.4 is 5.73 Å². The number of hydrogen-bond acceptors (Lipinski definition) is 4. The van der Waals surface area contributed by atoms with Crippen LogP contribution in [0.4, 0.5) is 5.69 Å². The molecule has 0 aliphatic heterocycles. The van der Waals surface area contributed by atoms with Crippen molar-refractivity contribution in [3.63, 3.8) is 0 Å². The zero-order chi connectivity index (χ0) is 13.1. The standard InChI is InChI=1S/C11H18N2O3S/c1-3-13(4-5-14)17(15,16)11-7-9(2)6-10(12)8-11/h6-8,14H,3-5,12H2,1-2H3. The van der Waals surface area contributed by atoms with Gasteiger partial charge in [0.15, 0.2) is 0 Å². The first-order valence-electron chi connectivity index (χ1n) is 5.40. The SMILES string of the molecule is CCN(CCO)S(=O)(=O)c1cc(C)cc(N)c1. The maximum absolute atomic E-state index is 12.2. The highest BCUT2D eigenvalue weighted by atomic mass is 32.2. The Hall–Kier alpha value is -1.11. The minimum absolute atomic E-state index is 0.0900. The average molecular weight is 258 g/mol. The molecule has 0 spiro atoms. The van der Waals surface area contributed by atoms with Crippen molar-refractivity contribution in [3.05, 3.63) is 23.8 Å². The van der Waals surface area contributed by atoms with Gasteiger partial charge in [-0.15, -0.1) is 0 Å². The molecule has 17 heavy (non-hydrogen) atoms. The molecule has 0 atom stereocenters. The molecule has 0 saturated heterocycles. The summed E-state index contributed by atoms with van der Waals surface area (Å²) >= 11 is 0. The highest BCUT2D eigenvalue weighted by Crippen LogP contribution is 2.20. The van der Waals surface area contributed by atoms with Gasteiger partial charge in [-0.3, -0.25) is 0 Å². The zero-order valence-electron chi connectivity index (χ0n) is 10.0. The summed E-state index contributed by atoms with van der Waals surface area (Å²) in [7, 11) is -3.56. The highest BCUT2D eigenvalue weighted by Gasteiger charge is 2.22. The van der Waals surface area contributed by atoms with Gasteiger partial charge < -0.3 is 10.8 Å². The number of nitrogens with two attached hydrogens (primary N) is 1. The fourth-order valence-corrected chi connectivity index (χ4v) is 3.21. The van der Waals surface area contributed by atoms with Gasteiger partial charge in [0.25, 0.3) is 0 Å². The smallest absolute Gasteiger partial charge is 0.243 e. The summed E-state index contributed by atoms with van der Waals surface area (Å²) in [5, 5.41) is 8.86. The third-order valence-electron chi connectivity index (χ3n) is 2.41. The zero-order valence-corrected chi connectivity index (χ0v) is 10.9. The Bertz CT molecular complexity index is 465. The number of aryl methyl sites for hydroxylation is 1. The number of benzene rings is 1. The summed E-state index contributed by atoms with van der Waals surface area (Å²) in [6.45, 7) is 3.72. The Labute approximate surface area is 102 Å². The Kier molecular flexibility index (Phi) is 4.50. The number of rotatable bonds is 5. The van der Waals surface area contributed by atoms with Gasteiger partial charge in [-0.2, -0.15) is 4.31 Å². The summed E-state index contributed by atoms with van der Waals surface area (Å²) in [5.41, 5.74) is 6.85. The maximum atomic E-state index is 12.2. The number of nitrogen functional groups attached to an aromatic ring is 1. The van der Waals surface area contributed by atoms with E-state index in [9.17, 15) is 8.42 Å². The van der Waals surface area contributed by atoms with Crippen LogP contribution in [0.15, 0.2) is 23.1 Å². The monoisotopic (exact) mass is 258 g/mol. The van der Waals surface area contributed by atoms with Crippen molar-refractivity contribution in [3.8, 4) is 0 Å². The van der Waals surface area contributed by atoms with E-state index < -0.39 is 10.0 Å². The van der Waals surface area contributed by atoms with Crippen molar-refractivity contribution >= 4 is 15.7 Å². The first kappa shape index (κ1) is 14.0. The normalized spacial score (nSPS) is 12.0. The molecule has 3 N–H and O–H groups in total. The molecule has 0 unspecified atom stereocenters. The summed E-state index contributed by atoms with van der Waals surface area (Å²) in [6.07, 6.45) is 0. The predicted molar refractivity (Wildman–Crippen MR) is 67.1 cm³/mol. The molecule has 1 rings (SSSR count). The minimum atomic E-state index is -3.56. The molecule has 1 aromatic carbocycles. The molecule has 0 fully saturated rings. The van der Waals surface area contributed by atoms with Gasteiger partial charge in [-0.1, -0.05) is 6.92 Å². The summed E-state index contributed by atoms with van der Waals surface area (Å²) < 4.78 is 25.7. The van der Waals surface area contributed by atoms with Gasteiger partial charge in [-0.25, -0.2) is 8.42 Å². The van der Waals surface area contributed by atoms with Crippen molar-refractivity contribution in [1.29, 1.82) is 0 Å². The van der Waals surface area contributed by atoms with Crippen LogP contribution in [0.5, 0.6) is 0 Å². The second-order valence-corrected chi connectivity index (χ2v) is 5.74. The molecule has 1 aromatic rings. The number of hydrogen-bond donors (Lipinski definition) is 2. The predicted octanol–water partition coefficient (Wildman–Crippen LogP) is 0.580. The third kappa shape index (κ3) is 3.18. The van der Waals surface area contributed by atoms with E-state index in [4.69, 9.17) is 10.8 Å². The Morgan fingerprint density at radius 3 is 2.47 bits per heavy atom. The molecule has 0 aromatic heterocycles. The molecule has 0 bridgehead atoms. The highest BCUT2D eigenvalue weighted by molar-refractivity contribution is 7.89. The lowest BCUT2D eigenvalue weighted by Crippen LogP contribution is -2.33. The van der Waals surface area contributed by atoms with Crippen molar-refractivity contribution < 1.29 is 13.5 Å². The third-order valence-corrected chi connectivity index (χ3v) is 4.37. The Morgan fingerprint density at radius 1 is 1.35 bits per heavy atom. The Morgan fingerprint density at radius 2 is 2.00 bits per heavy atom. The molecular weight excluding hydrogens is 240 g/mol. The molecule has 0 aliphatic carbocycles.